The fraction of sp³-hybridized carbons (Fsp3) is 0.538. The number of nitrogens with zero attached hydrogens (tertiary/aromatic N) is 1. The van der Waals surface area contributed by atoms with Gasteiger partial charge in [0.1, 0.15) is 0 Å². The van der Waals surface area contributed by atoms with Crippen LogP contribution in [0.25, 0.3) is 0 Å². The molecular weight excluding hydrogens is 274 g/mol. The van der Waals surface area contributed by atoms with E-state index < -0.39 is 6.43 Å². The first-order chi connectivity index (χ1) is 9.02. The first-order valence-corrected chi connectivity index (χ1v) is 6.53. The quantitative estimate of drug-likeness (QED) is 0.773. The molecule has 0 aliphatic rings. The van der Waals surface area contributed by atoms with Crippen LogP contribution in [-0.2, 0) is 0 Å². The van der Waals surface area contributed by atoms with E-state index in [0.29, 0.717) is 18.0 Å². The number of aliphatic hydroxyl groups is 1. The molecule has 1 rings (SSSR count). The smallest absolute Gasteiger partial charge is 0.251 e. The molecule has 1 aromatic carbocycles. The largest absolute Gasteiger partial charge is 0.395 e. The molecule has 0 spiro atoms. The Morgan fingerprint density at radius 1 is 1.32 bits per heavy atom. The second-order valence-electron chi connectivity index (χ2n) is 4.37. The van der Waals surface area contributed by atoms with Gasteiger partial charge in [-0.05, 0) is 24.1 Å². The fourth-order valence-corrected chi connectivity index (χ4v) is 2.06. The summed E-state index contributed by atoms with van der Waals surface area (Å²) in [6.45, 7) is 0.160. The lowest BCUT2D eigenvalue weighted by Gasteiger charge is -2.22. The summed E-state index contributed by atoms with van der Waals surface area (Å²) in [5, 5.41) is 9.44. The van der Waals surface area contributed by atoms with Gasteiger partial charge in [-0.2, -0.15) is 0 Å². The van der Waals surface area contributed by atoms with Gasteiger partial charge in [0.15, 0.2) is 0 Å². The van der Waals surface area contributed by atoms with Crippen LogP contribution in [0, 0.1) is 0 Å². The minimum absolute atomic E-state index is 0.140. The molecule has 0 bridgehead atoms. The average Bonchev–Trinajstić information content (AvgIpc) is 2.35. The zero-order valence-corrected chi connectivity index (χ0v) is 11.4. The number of benzene rings is 1. The number of rotatable bonds is 8. The molecule has 0 aromatic heterocycles. The Bertz CT molecular complexity index is 379. The summed E-state index contributed by atoms with van der Waals surface area (Å²) in [5.74, 6) is 0. The van der Waals surface area contributed by atoms with E-state index in [2.05, 4.69) is 0 Å². The normalized spacial score (nSPS) is 13.2. The summed E-state index contributed by atoms with van der Waals surface area (Å²) in [7, 11) is 0. The zero-order chi connectivity index (χ0) is 14.3. The Morgan fingerprint density at radius 2 is 2.05 bits per heavy atom. The number of nitrogens with two attached hydrogens (primary N) is 1. The maximum Gasteiger partial charge on any atom is 0.251 e. The molecule has 108 valence electrons. The Labute approximate surface area is 117 Å². The van der Waals surface area contributed by atoms with E-state index in [-0.39, 0.29) is 25.7 Å². The van der Waals surface area contributed by atoms with Crippen molar-refractivity contribution in [3.63, 3.8) is 0 Å². The van der Waals surface area contributed by atoms with Gasteiger partial charge in [-0.3, -0.25) is 4.90 Å². The molecule has 3 N–H and O–H groups in total. The topological polar surface area (TPSA) is 49.5 Å². The van der Waals surface area contributed by atoms with Crippen molar-refractivity contribution in [1.82, 2.24) is 4.90 Å². The van der Waals surface area contributed by atoms with Gasteiger partial charge in [0.05, 0.1) is 13.2 Å². The van der Waals surface area contributed by atoms with Crippen molar-refractivity contribution >= 4 is 11.6 Å². The lowest BCUT2D eigenvalue weighted by atomic mass is 10.0. The maximum absolute atomic E-state index is 12.3. The number of hydrogen-bond donors (Lipinski definition) is 2. The summed E-state index contributed by atoms with van der Waals surface area (Å²) in [5.41, 5.74) is 6.89. The number of aliphatic hydroxyl groups excluding tert-OH is 1. The minimum atomic E-state index is -2.41. The van der Waals surface area contributed by atoms with Crippen molar-refractivity contribution in [2.45, 2.75) is 18.9 Å². The van der Waals surface area contributed by atoms with Crippen LogP contribution in [0.4, 0.5) is 8.78 Å². The van der Waals surface area contributed by atoms with Crippen molar-refractivity contribution in [1.29, 1.82) is 0 Å². The Hall–Kier alpha value is -0.750. The molecule has 0 amide bonds. The van der Waals surface area contributed by atoms with Gasteiger partial charge in [-0.25, -0.2) is 8.78 Å². The van der Waals surface area contributed by atoms with Gasteiger partial charge >= 0.3 is 0 Å². The van der Waals surface area contributed by atoms with Gasteiger partial charge < -0.3 is 10.8 Å². The lowest BCUT2D eigenvalue weighted by molar-refractivity contribution is 0.0768. The van der Waals surface area contributed by atoms with Crippen molar-refractivity contribution in [3.05, 3.63) is 34.9 Å². The van der Waals surface area contributed by atoms with E-state index >= 15 is 0 Å². The van der Waals surface area contributed by atoms with Crippen molar-refractivity contribution in [2.75, 3.05) is 26.2 Å². The molecule has 19 heavy (non-hydrogen) atoms. The first-order valence-electron chi connectivity index (χ1n) is 6.15. The van der Waals surface area contributed by atoms with Crippen LogP contribution in [-0.4, -0.2) is 42.7 Å². The van der Waals surface area contributed by atoms with Crippen molar-refractivity contribution in [3.8, 4) is 0 Å². The first kappa shape index (κ1) is 16.3. The standard InChI is InChI=1S/C13H19ClF2N2O/c14-11-3-1-2-10(8-11)12(17)4-5-18(6-7-19)9-13(15)16/h1-3,8,12-13,19H,4-7,9,17H2. The highest BCUT2D eigenvalue weighted by atomic mass is 35.5. The Balaban J connectivity index is 2.49. The van der Waals surface area contributed by atoms with E-state index in [1.54, 1.807) is 12.1 Å². The minimum Gasteiger partial charge on any atom is -0.395 e. The molecule has 3 nitrogen and oxygen atoms in total. The number of halogens is 3. The molecular formula is C13H19ClF2N2O. The monoisotopic (exact) mass is 292 g/mol. The molecule has 1 unspecified atom stereocenters. The van der Waals surface area contributed by atoms with Gasteiger partial charge in [0.25, 0.3) is 6.43 Å². The molecule has 1 atom stereocenters. The highest BCUT2D eigenvalue weighted by molar-refractivity contribution is 6.30. The Kier molecular flexibility index (Phi) is 7.23. The molecule has 0 saturated carbocycles. The van der Waals surface area contributed by atoms with Crippen LogP contribution in [0.5, 0.6) is 0 Å². The molecule has 0 saturated heterocycles. The highest BCUT2D eigenvalue weighted by Crippen LogP contribution is 2.18. The summed E-state index contributed by atoms with van der Waals surface area (Å²) >= 11 is 5.87. The summed E-state index contributed by atoms with van der Waals surface area (Å²) in [6, 6.07) is 6.95. The molecule has 0 heterocycles. The summed E-state index contributed by atoms with van der Waals surface area (Å²) in [4.78, 5) is 1.51. The highest BCUT2D eigenvalue weighted by Gasteiger charge is 2.14. The average molecular weight is 293 g/mol. The van der Waals surface area contributed by atoms with E-state index in [0.717, 1.165) is 5.56 Å². The third kappa shape index (κ3) is 6.29. The second-order valence-corrected chi connectivity index (χ2v) is 4.80. The van der Waals surface area contributed by atoms with Crippen LogP contribution in [0.1, 0.15) is 18.0 Å². The number of alkyl halides is 2. The summed E-state index contributed by atoms with van der Waals surface area (Å²) < 4.78 is 24.7. The SMILES string of the molecule is NC(CCN(CCO)CC(F)F)c1cccc(Cl)c1. The third-order valence-corrected chi connectivity index (χ3v) is 3.08. The maximum atomic E-state index is 12.3. The van der Waals surface area contributed by atoms with E-state index in [1.165, 1.54) is 4.90 Å². The molecule has 0 aliphatic carbocycles. The van der Waals surface area contributed by atoms with Gasteiger partial charge in [-0.15, -0.1) is 0 Å². The fourth-order valence-electron chi connectivity index (χ4n) is 1.86. The molecule has 6 heteroatoms. The number of hydrogen-bond acceptors (Lipinski definition) is 3. The molecule has 1 aromatic rings. The van der Waals surface area contributed by atoms with E-state index in [4.69, 9.17) is 22.4 Å². The van der Waals surface area contributed by atoms with Gasteiger partial charge in [0.2, 0.25) is 0 Å². The zero-order valence-electron chi connectivity index (χ0n) is 10.6. The van der Waals surface area contributed by atoms with Crippen molar-refractivity contribution < 1.29 is 13.9 Å². The van der Waals surface area contributed by atoms with Crippen LogP contribution in [0.2, 0.25) is 5.02 Å². The predicted octanol–water partition coefficient (Wildman–Crippen LogP) is 2.29. The van der Waals surface area contributed by atoms with Gasteiger partial charge in [0, 0.05) is 24.2 Å². The van der Waals surface area contributed by atoms with Crippen LogP contribution in [0.15, 0.2) is 24.3 Å². The van der Waals surface area contributed by atoms with Gasteiger partial charge in [-0.1, -0.05) is 23.7 Å². The third-order valence-electron chi connectivity index (χ3n) is 2.85. The van der Waals surface area contributed by atoms with Crippen LogP contribution in [0.3, 0.4) is 0 Å². The molecule has 0 radical (unpaired) electrons. The van der Waals surface area contributed by atoms with E-state index in [9.17, 15) is 8.78 Å². The van der Waals surface area contributed by atoms with Crippen LogP contribution >= 0.6 is 11.6 Å². The molecule has 0 fully saturated rings. The molecule has 0 aliphatic heterocycles. The Morgan fingerprint density at radius 3 is 2.63 bits per heavy atom. The predicted molar refractivity (Wildman–Crippen MR) is 72.5 cm³/mol. The summed E-state index contributed by atoms with van der Waals surface area (Å²) in [6.07, 6.45) is -1.87. The van der Waals surface area contributed by atoms with Crippen molar-refractivity contribution in [2.24, 2.45) is 5.73 Å². The second kappa shape index (κ2) is 8.43. The lowest BCUT2D eigenvalue weighted by Crippen LogP contribution is -2.34. The van der Waals surface area contributed by atoms with E-state index in [1.807, 2.05) is 12.1 Å². The van der Waals surface area contributed by atoms with Crippen LogP contribution < -0.4 is 5.73 Å².